The molecule has 1 aromatic carbocycles. The summed E-state index contributed by atoms with van der Waals surface area (Å²) >= 11 is 3.36. The van der Waals surface area contributed by atoms with Crippen molar-refractivity contribution in [3.63, 3.8) is 0 Å². The van der Waals surface area contributed by atoms with Gasteiger partial charge < -0.3 is 5.11 Å². The van der Waals surface area contributed by atoms with E-state index in [-0.39, 0.29) is 23.0 Å². The van der Waals surface area contributed by atoms with E-state index >= 15 is 0 Å². The Balaban J connectivity index is 2.38. The number of aliphatic hydroxyl groups excluding tert-OH is 1. The van der Waals surface area contributed by atoms with Gasteiger partial charge in [-0.25, -0.2) is 13.1 Å². The smallest absolute Gasteiger partial charge is 0.241 e. The first kappa shape index (κ1) is 16.9. The maximum absolute atomic E-state index is 12.7. The molecule has 21 heavy (non-hydrogen) atoms. The predicted octanol–water partition coefficient (Wildman–Crippen LogP) is 3.11. The van der Waals surface area contributed by atoms with E-state index in [0.717, 1.165) is 19.3 Å². The van der Waals surface area contributed by atoms with Crippen molar-refractivity contribution in [1.29, 1.82) is 0 Å². The largest absolute Gasteiger partial charge is 0.392 e. The van der Waals surface area contributed by atoms with Crippen LogP contribution in [0.3, 0.4) is 0 Å². The van der Waals surface area contributed by atoms with Crippen molar-refractivity contribution in [2.75, 3.05) is 0 Å². The highest BCUT2D eigenvalue weighted by Crippen LogP contribution is 2.38. The highest BCUT2D eigenvalue weighted by atomic mass is 79.9. The highest BCUT2D eigenvalue weighted by molar-refractivity contribution is 9.10. The van der Waals surface area contributed by atoms with Gasteiger partial charge in [0, 0.05) is 10.5 Å². The first-order chi connectivity index (χ1) is 9.67. The molecule has 0 bridgehead atoms. The molecule has 0 radical (unpaired) electrons. The highest BCUT2D eigenvalue weighted by Gasteiger charge is 2.37. The molecule has 1 aromatic rings. The van der Waals surface area contributed by atoms with Gasteiger partial charge in [0.2, 0.25) is 10.0 Å². The molecule has 6 heteroatoms. The van der Waals surface area contributed by atoms with Crippen molar-refractivity contribution in [3.05, 3.63) is 27.7 Å². The lowest BCUT2D eigenvalue weighted by Crippen LogP contribution is -2.41. The second kappa shape index (κ2) is 5.99. The third-order valence-electron chi connectivity index (χ3n) is 4.38. The Morgan fingerprint density at radius 3 is 2.62 bits per heavy atom. The molecule has 0 heterocycles. The van der Waals surface area contributed by atoms with Gasteiger partial charge in [0.25, 0.3) is 0 Å². The fraction of sp³-hybridized carbons (Fsp3) is 0.600. The summed E-state index contributed by atoms with van der Waals surface area (Å²) in [6.45, 7) is 5.77. The summed E-state index contributed by atoms with van der Waals surface area (Å²) in [5.41, 5.74) is 1.22. The SMILES string of the molecule is Cc1c(Br)cc(CO)cc1S(=O)(=O)NC1CCCC1(C)C. The lowest BCUT2D eigenvalue weighted by Gasteiger charge is -2.28. The minimum Gasteiger partial charge on any atom is -0.392 e. The van der Waals surface area contributed by atoms with Crippen LogP contribution in [0.1, 0.15) is 44.2 Å². The molecule has 0 aromatic heterocycles. The summed E-state index contributed by atoms with van der Waals surface area (Å²) in [5, 5.41) is 9.27. The molecule has 0 saturated heterocycles. The third kappa shape index (κ3) is 3.50. The van der Waals surface area contributed by atoms with Crippen molar-refractivity contribution in [1.82, 2.24) is 4.72 Å². The second-order valence-corrected chi connectivity index (χ2v) is 8.95. The fourth-order valence-electron chi connectivity index (χ4n) is 2.87. The molecule has 2 N–H and O–H groups in total. The van der Waals surface area contributed by atoms with Gasteiger partial charge in [0.15, 0.2) is 0 Å². The predicted molar refractivity (Wildman–Crippen MR) is 86.5 cm³/mol. The van der Waals surface area contributed by atoms with Crippen molar-refractivity contribution in [2.24, 2.45) is 5.41 Å². The van der Waals surface area contributed by atoms with Gasteiger partial charge in [0.05, 0.1) is 11.5 Å². The zero-order chi connectivity index (χ0) is 15.8. The Kier molecular flexibility index (Phi) is 4.83. The van der Waals surface area contributed by atoms with Gasteiger partial charge in [-0.2, -0.15) is 0 Å². The van der Waals surface area contributed by atoms with Gasteiger partial charge in [-0.3, -0.25) is 0 Å². The number of sulfonamides is 1. The molecule has 0 spiro atoms. The summed E-state index contributed by atoms with van der Waals surface area (Å²) in [5.74, 6) is 0. The molecule has 1 unspecified atom stereocenters. The maximum Gasteiger partial charge on any atom is 0.241 e. The topological polar surface area (TPSA) is 66.4 Å². The molecule has 2 rings (SSSR count). The molecule has 118 valence electrons. The van der Waals surface area contributed by atoms with Gasteiger partial charge in [-0.15, -0.1) is 0 Å². The van der Waals surface area contributed by atoms with E-state index in [4.69, 9.17) is 0 Å². The molecule has 1 fully saturated rings. The average Bonchev–Trinajstić information content (AvgIpc) is 2.71. The standard InChI is InChI=1S/C15H22BrNO3S/c1-10-12(16)7-11(9-18)8-13(10)21(19,20)17-14-5-4-6-15(14,2)3/h7-8,14,17-18H,4-6,9H2,1-3H3. The Morgan fingerprint density at radius 2 is 2.10 bits per heavy atom. The molecular weight excluding hydrogens is 354 g/mol. The first-order valence-electron chi connectivity index (χ1n) is 7.09. The van der Waals surface area contributed by atoms with Gasteiger partial charge >= 0.3 is 0 Å². The number of rotatable bonds is 4. The van der Waals surface area contributed by atoms with Crippen LogP contribution >= 0.6 is 15.9 Å². The van der Waals surface area contributed by atoms with Crippen LogP contribution in [-0.4, -0.2) is 19.6 Å². The van der Waals surface area contributed by atoms with Crippen LogP contribution < -0.4 is 4.72 Å². The zero-order valence-electron chi connectivity index (χ0n) is 12.6. The van der Waals surface area contributed by atoms with Crippen LogP contribution in [-0.2, 0) is 16.6 Å². The summed E-state index contributed by atoms with van der Waals surface area (Å²) in [6.07, 6.45) is 2.94. The van der Waals surface area contributed by atoms with E-state index in [1.807, 2.05) is 0 Å². The number of aliphatic hydroxyl groups is 1. The Bertz CT molecular complexity index is 641. The van der Waals surface area contributed by atoms with Crippen LogP contribution in [0.25, 0.3) is 0 Å². The summed E-state index contributed by atoms with van der Waals surface area (Å²) in [4.78, 5) is 0.239. The molecule has 1 aliphatic carbocycles. The molecule has 1 atom stereocenters. The first-order valence-corrected chi connectivity index (χ1v) is 9.37. The molecule has 0 aliphatic heterocycles. The average molecular weight is 376 g/mol. The van der Waals surface area contributed by atoms with E-state index < -0.39 is 10.0 Å². The Morgan fingerprint density at radius 1 is 1.43 bits per heavy atom. The van der Waals surface area contributed by atoms with Crippen molar-refractivity contribution in [2.45, 2.75) is 57.6 Å². The lowest BCUT2D eigenvalue weighted by molar-refractivity contribution is 0.281. The van der Waals surface area contributed by atoms with E-state index in [1.165, 1.54) is 0 Å². The van der Waals surface area contributed by atoms with E-state index in [0.29, 0.717) is 15.6 Å². The molecule has 0 amide bonds. The summed E-state index contributed by atoms with van der Waals surface area (Å²) in [6, 6.07) is 3.25. The van der Waals surface area contributed by atoms with E-state index in [9.17, 15) is 13.5 Å². The normalized spacial score (nSPS) is 21.7. The number of benzene rings is 1. The van der Waals surface area contributed by atoms with Crippen molar-refractivity contribution < 1.29 is 13.5 Å². The Labute approximate surface area is 135 Å². The van der Waals surface area contributed by atoms with Crippen LogP contribution in [0, 0.1) is 12.3 Å². The summed E-state index contributed by atoms with van der Waals surface area (Å²) < 4.78 is 29.0. The van der Waals surface area contributed by atoms with E-state index in [2.05, 4.69) is 34.5 Å². The second-order valence-electron chi connectivity index (χ2n) is 6.41. The minimum absolute atomic E-state index is 0.0210. The number of nitrogens with one attached hydrogen (secondary N) is 1. The number of hydrogen-bond acceptors (Lipinski definition) is 3. The van der Waals surface area contributed by atoms with E-state index in [1.54, 1.807) is 19.1 Å². The zero-order valence-corrected chi connectivity index (χ0v) is 15.0. The van der Waals surface area contributed by atoms with Crippen LogP contribution in [0.15, 0.2) is 21.5 Å². The molecule has 4 nitrogen and oxygen atoms in total. The van der Waals surface area contributed by atoms with Gasteiger partial charge in [0.1, 0.15) is 0 Å². The number of halogens is 1. The van der Waals surface area contributed by atoms with Crippen molar-refractivity contribution in [3.8, 4) is 0 Å². The molecular formula is C15H22BrNO3S. The summed E-state index contributed by atoms with van der Waals surface area (Å²) in [7, 11) is -3.59. The van der Waals surface area contributed by atoms with Crippen LogP contribution in [0.2, 0.25) is 0 Å². The maximum atomic E-state index is 12.7. The quantitative estimate of drug-likeness (QED) is 0.849. The van der Waals surface area contributed by atoms with Crippen LogP contribution in [0.5, 0.6) is 0 Å². The van der Waals surface area contributed by atoms with Crippen molar-refractivity contribution >= 4 is 26.0 Å². The molecule has 1 aliphatic rings. The number of hydrogen-bond donors (Lipinski definition) is 2. The van der Waals surface area contributed by atoms with Gasteiger partial charge in [-0.05, 0) is 48.4 Å². The Hall–Kier alpha value is -0.430. The molecule has 1 saturated carbocycles. The fourth-order valence-corrected chi connectivity index (χ4v) is 5.27. The lowest BCUT2D eigenvalue weighted by atomic mass is 9.88. The minimum atomic E-state index is -3.59. The van der Waals surface area contributed by atoms with Gasteiger partial charge in [-0.1, -0.05) is 36.2 Å². The van der Waals surface area contributed by atoms with Crippen LogP contribution in [0.4, 0.5) is 0 Å². The third-order valence-corrected chi connectivity index (χ3v) is 6.80. The monoisotopic (exact) mass is 375 g/mol.